The van der Waals surface area contributed by atoms with Gasteiger partial charge in [0, 0.05) is 30.7 Å². The van der Waals surface area contributed by atoms with Crippen LogP contribution in [-0.2, 0) is 15.6 Å². The Labute approximate surface area is 166 Å². The maximum Gasteiger partial charge on any atom is 0.253 e. The van der Waals surface area contributed by atoms with Gasteiger partial charge in [-0.3, -0.25) is 4.79 Å². The summed E-state index contributed by atoms with van der Waals surface area (Å²) in [4.78, 5) is 15.2. The first kappa shape index (κ1) is 19.2. The zero-order chi connectivity index (χ0) is 19.7. The summed E-state index contributed by atoms with van der Waals surface area (Å²) in [6, 6.07) is 16.7. The van der Waals surface area contributed by atoms with E-state index in [1.165, 1.54) is 12.8 Å². The summed E-state index contributed by atoms with van der Waals surface area (Å²) in [6.45, 7) is 0. The van der Waals surface area contributed by atoms with E-state index in [1.807, 2.05) is 11.9 Å². The molecule has 0 radical (unpaired) electrons. The first-order chi connectivity index (χ1) is 13.4. The van der Waals surface area contributed by atoms with Crippen LogP contribution in [0.3, 0.4) is 0 Å². The summed E-state index contributed by atoms with van der Waals surface area (Å²) < 4.78 is 25.3. The summed E-state index contributed by atoms with van der Waals surface area (Å²) >= 11 is 0. The number of hydrogen-bond acceptors (Lipinski definition) is 4. The van der Waals surface area contributed by atoms with Crippen molar-refractivity contribution in [1.29, 1.82) is 0 Å². The van der Waals surface area contributed by atoms with Crippen LogP contribution < -0.4 is 5.32 Å². The van der Waals surface area contributed by atoms with Crippen LogP contribution in [0.15, 0.2) is 59.5 Å². The molecule has 4 rings (SSSR count). The topological polar surface area (TPSA) is 66.5 Å². The Morgan fingerprint density at radius 2 is 1.71 bits per heavy atom. The Kier molecular flexibility index (Phi) is 5.25. The van der Waals surface area contributed by atoms with Crippen molar-refractivity contribution in [1.82, 2.24) is 10.2 Å². The molecule has 1 amide bonds. The molecule has 2 unspecified atom stereocenters. The highest BCUT2D eigenvalue weighted by molar-refractivity contribution is 7.90. The number of nitrogens with zero attached hydrogens (tertiary/aromatic N) is 1. The van der Waals surface area contributed by atoms with Gasteiger partial charge in [-0.25, -0.2) is 8.42 Å². The lowest BCUT2D eigenvalue weighted by atomic mass is 9.98. The highest BCUT2D eigenvalue weighted by Crippen LogP contribution is 2.30. The minimum absolute atomic E-state index is 0.0368. The van der Waals surface area contributed by atoms with Crippen molar-refractivity contribution in [3.05, 3.63) is 65.7 Å². The molecule has 2 fully saturated rings. The second kappa shape index (κ2) is 7.68. The lowest BCUT2D eigenvalue weighted by Crippen LogP contribution is -2.48. The molecule has 2 aliphatic rings. The molecular weight excluding hydrogens is 372 g/mol. The van der Waals surface area contributed by atoms with E-state index in [2.05, 4.69) is 5.32 Å². The van der Waals surface area contributed by atoms with Crippen LogP contribution in [0.2, 0.25) is 0 Å². The highest BCUT2D eigenvalue weighted by Gasteiger charge is 2.36. The quantitative estimate of drug-likeness (QED) is 0.841. The van der Waals surface area contributed by atoms with Crippen molar-refractivity contribution < 1.29 is 13.2 Å². The lowest BCUT2D eigenvalue weighted by molar-refractivity contribution is 0.0681. The number of sulfone groups is 1. The van der Waals surface area contributed by atoms with Crippen molar-refractivity contribution in [2.24, 2.45) is 0 Å². The van der Waals surface area contributed by atoms with E-state index >= 15 is 0 Å². The summed E-state index contributed by atoms with van der Waals surface area (Å²) in [7, 11) is -1.57. The fraction of sp³-hybridized carbons (Fsp3) is 0.409. The number of carbonyl (C=O) groups is 1. The third kappa shape index (κ3) is 3.98. The Hall–Kier alpha value is -2.18. The van der Waals surface area contributed by atoms with Gasteiger partial charge in [0.25, 0.3) is 5.91 Å². The summed E-state index contributed by atoms with van der Waals surface area (Å²) in [5, 5.41) is 3.60. The largest absolute Gasteiger partial charge is 0.339 e. The van der Waals surface area contributed by atoms with E-state index < -0.39 is 9.84 Å². The van der Waals surface area contributed by atoms with E-state index in [4.69, 9.17) is 0 Å². The summed E-state index contributed by atoms with van der Waals surface area (Å²) in [5.74, 6) is -0.149. The molecule has 2 bridgehead atoms. The normalized spacial score (nSPS) is 24.1. The molecule has 2 atom stereocenters. The molecule has 5 nitrogen and oxygen atoms in total. The molecular formula is C22H26N2O3S. The van der Waals surface area contributed by atoms with Crippen LogP contribution in [0.1, 0.15) is 41.6 Å². The molecule has 2 aliphatic heterocycles. The highest BCUT2D eigenvalue weighted by atomic mass is 32.2. The van der Waals surface area contributed by atoms with Crippen LogP contribution in [0.25, 0.3) is 0 Å². The monoisotopic (exact) mass is 398 g/mol. The van der Waals surface area contributed by atoms with Crippen molar-refractivity contribution >= 4 is 15.7 Å². The van der Waals surface area contributed by atoms with E-state index in [-0.39, 0.29) is 17.7 Å². The van der Waals surface area contributed by atoms with Gasteiger partial charge in [-0.15, -0.1) is 0 Å². The van der Waals surface area contributed by atoms with Gasteiger partial charge in [0.05, 0.1) is 10.6 Å². The summed E-state index contributed by atoms with van der Waals surface area (Å²) in [6.07, 6.45) is 4.35. The number of nitrogens with one attached hydrogen (secondary N) is 1. The van der Waals surface area contributed by atoms with Gasteiger partial charge in [0.1, 0.15) is 0 Å². The summed E-state index contributed by atoms with van der Waals surface area (Å²) in [5.41, 5.74) is 1.18. The fourth-order valence-corrected chi connectivity index (χ4v) is 5.79. The smallest absolute Gasteiger partial charge is 0.253 e. The molecule has 148 valence electrons. The molecule has 2 heterocycles. The molecule has 0 aliphatic carbocycles. The average molecular weight is 399 g/mol. The number of hydrogen-bond donors (Lipinski definition) is 1. The van der Waals surface area contributed by atoms with Crippen molar-refractivity contribution in [3.8, 4) is 0 Å². The third-order valence-corrected chi connectivity index (χ3v) is 7.65. The first-order valence-electron chi connectivity index (χ1n) is 9.82. The standard InChI is InChI=1S/C22H26N2O3S/c1-24(20-13-18-10-11-19(14-20)23-18)22(25)17-7-5-6-16(12-17)15-28(26,27)21-8-3-2-4-9-21/h2-9,12,18-20,23H,10-11,13-15H2,1H3. The van der Waals surface area contributed by atoms with Gasteiger partial charge in [-0.2, -0.15) is 0 Å². The second-order valence-electron chi connectivity index (χ2n) is 7.95. The fourth-order valence-electron chi connectivity index (χ4n) is 4.44. The maximum atomic E-state index is 13.0. The molecule has 2 saturated heterocycles. The predicted molar refractivity (Wildman–Crippen MR) is 109 cm³/mol. The number of fused-ring (bicyclic) bond motifs is 2. The molecule has 1 N–H and O–H groups in total. The van der Waals surface area contributed by atoms with Gasteiger partial charge in [-0.1, -0.05) is 30.3 Å². The Bertz CT molecular complexity index is 947. The maximum absolute atomic E-state index is 13.0. The average Bonchev–Trinajstić information content (AvgIpc) is 3.05. The van der Waals surface area contributed by atoms with Gasteiger partial charge >= 0.3 is 0 Å². The van der Waals surface area contributed by atoms with E-state index in [0.29, 0.717) is 28.1 Å². The minimum atomic E-state index is -3.44. The van der Waals surface area contributed by atoms with Crippen LogP contribution in [0, 0.1) is 0 Å². The number of rotatable bonds is 5. The number of benzene rings is 2. The van der Waals surface area contributed by atoms with E-state index in [9.17, 15) is 13.2 Å². The Morgan fingerprint density at radius 3 is 2.39 bits per heavy atom. The minimum Gasteiger partial charge on any atom is -0.339 e. The van der Waals surface area contributed by atoms with Gasteiger partial charge in [0.15, 0.2) is 9.84 Å². The van der Waals surface area contributed by atoms with Crippen LogP contribution >= 0.6 is 0 Å². The van der Waals surface area contributed by atoms with Gasteiger partial charge in [0.2, 0.25) is 0 Å². The van der Waals surface area contributed by atoms with Crippen LogP contribution in [0.5, 0.6) is 0 Å². The zero-order valence-corrected chi connectivity index (χ0v) is 16.9. The molecule has 0 aromatic heterocycles. The lowest BCUT2D eigenvalue weighted by Gasteiger charge is -2.35. The van der Waals surface area contributed by atoms with Gasteiger partial charge in [-0.05, 0) is 55.5 Å². The number of amides is 1. The van der Waals surface area contributed by atoms with Crippen LogP contribution in [-0.4, -0.2) is 44.4 Å². The van der Waals surface area contributed by atoms with Gasteiger partial charge < -0.3 is 10.2 Å². The van der Waals surface area contributed by atoms with Crippen molar-refractivity contribution in [2.75, 3.05) is 7.05 Å². The molecule has 2 aromatic carbocycles. The zero-order valence-electron chi connectivity index (χ0n) is 16.0. The van der Waals surface area contributed by atoms with E-state index in [1.54, 1.807) is 54.6 Å². The molecule has 0 spiro atoms. The molecule has 6 heteroatoms. The molecule has 2 aromatic rings. The number of carbonyl (C=O) groups excluding carboxylic acids is 1. The van der Waals surface area contributed by atoms with Crippen molar-refractivity contribution in [2.45, 2.75) is 54.5 Å². The SMILES string of the molecule is CN(C(=O)c1cccc(CS(=O)(=O)c2ccccc2)c1)C1CC2CCC(C1)N2. The molecule has 28 heavy (non-hydrogen) atoms. The molecule has 0 saturated carbocycles. The van der Waals surface area contributed by atoms with E-state index in [0.717, 1.165) is 12.8 Å². The van der Waals surface area contributed by atoms with Crippen LogP contribution in [0.4, 0.5) is 0 Å². The Morgan fingerprint density at radius 1 is 1.04 bits per heavy atom. The van der Waals surface area contributed by atoms with Crippen molar-refractivity contribution in [3.63, 3.8) is 0 Å². The predicted octanol–water partition coefficient (Wildman–Crippen LogP) is 3.02. The Balaban J connectivity index is 1.49. The number of piperidine rings is 1. The second-order valence-corrected chi connectivity index (χ2v) is 9.94. The third-order valence-electron chi connectivity index (χ3n) is 5.95. The first-order valence-corrected chi connectivity index (χ1v) is 11.5.